The number of rotatable bonds is 4. The zero-order chi connectivity index (χ0) is 38.6. The van der Waals surface area contributed by atoms with Crippen molar-refractivity contribution >= 4 is 65.0 Å². The van der Waals surface area contributed by atoms with Crippen LogP contribution in [0.15, 0.2) is 174 Å². The molecule has 0 radical (unpaired) electrons. The molecule has 1 heterocycles. The van der Waals surface area contributed by atoms with Gasteiger partial charge in [-0.3, -0.25) is 0 Å². The average Bonchev–Trinajstić information content (AvgIpc) is 3.60. The molecule has 0 spiro atoms. The molecule has 10 aromatic rings. The van der Waals surface area contributed by atoms with Crippen LogP contribution in [-0.4, -0.2) is 0 Å². The Bertz CT molecular complexity index is 3250. The smallest absolute Gasteiger partial charge is 0.136 e. The topological polar surface area (TPSA) is 13.1 Å². The van der Waals surface area contributed by atoms with Crippen molar-refractivity contribution in [1.82, 2.24) is 0 Å². The lowest BCUT2D eigenvalue weighted by molar-refractivity contribution is 0.669. The summed E-state index contributed by atoms with van der Waals surface area (Å²) in [6, 6.07) is 36.9. The molecule has 1 aromatic heterocycles. The van der Waals surface area contributed by atoms with Crippen LogP contribution in [0.5, 0.6) is 0 Å². The van der Waals surface area contributed by atoms with Crippen molar-refractivity contribution < 1.29 is 15.4 Å². The summed E-state index contributed by atoms with van der Waals surface area (Å²) < 4.78 is 79.0. The SMILES string of the molecule is [2H]c1c([2H])c([2H])c2c(-c3ccc(-c4ccc5c(c4)oc4ccccc45)c4ccccc34)c3c([2H])c([2H])c([2H])c([2H])c3c(Cc3ccc4ccccc4c3)c2c1[2H]. The molecule has 48 heavy (non-hydrogen) atoms. The first-order valence-corrected chi connectivity index (χ1v) is 16.0. The molecule has 0 atom stereocenters. The van der Waals surface area contributed by atoms with Crippen LogP contribution < -0.4 is 0 Å². The molecule has 0 aliphatic carbocycles. The molecule has 0 fully saturated rings. The fraction of sp³-hybridized carbons (Fsp3) is 0.0213. The summed E-state index contributed by atoms with van der Waals surface area (Å²) in [5.74, 6) is 0. The van der Waals surface area contributed by atoms with Crippen LogP contribution >= 0.6 is 0 Å². The molecular weight excluding hydrogens is 581 g/mol. The lowest BCUT2D eigenvalue weighted by Gasteiger charge is -2.19. The standard InChI is InChI=1S/C47H30O/c1-2-12-32-27-30(21-22-31(32)11-1)28-44-37-15-5-7-18-41(37)47(42-19-8-6-16-38(42)44)43-26-25-34(35-13-3-4-14-36(35)43)33-23-24-40-39-17-9-10-20-45(39)48-46(40)29-33/h1-27,29H,28H2/i5D,6D,7D,8D,15D,16D,18D,19D. The Labute approximate surface area is 289 Å². The van der Waals surface area contributed by atoms with E-state index in [1.165, 1.54) is 0 Å². The average molecular weight is 619 g/mol. The highest BCUT2D eigenvalue weighted by Gasteiger charge is 2.19. The Morgan fingerprint density at radius 3 is 1.81 bits per heavy atom. The lowest BCUT2D eigenvalue weighted by atomic mass is 9.84. The second-order valence-corrected chi connectivity index (χ2v) is 12.2. The fourth-order valence-electron chi connectivity index (χ4n) is 7.36. The van der Waals surface area contributed by atoms with Crippen LogP contribution in [0.25, 0.3) is 87.3 Å². The van der Waals surface area contributed by atoms with Crippen molar-refractivity contribution in [2.75, 3.05) is 0 Å². The third-order valence-electron chi connectivity index (χ3n) is 9.56. The third kappa shape index (κ3) is 4.18. The summed E-state index contributed by atoms with van der Waals surface area (Å²) in [5, 5.41) is 6.60. The molecule has 0 aliphatic heterocycles. The molecule has 0 saturated heterocycles. The van der Waals surface area contributed by atoms with Crippen molar-refractivity contribution in [3.8, 4) is 22.3 Å². The van der Waals surface area contributed by atoms with Gasteiger partial charge < -0.3 is 4.42 Å². The van der Waals surface area contributed by atoms with Gasteiger partial charge in [0.1, 0.15) is 11.2 Å². The van der Waals surface area contributed by atoms with Crippen LogP contribution in [0.3, 0.4) is 0 Å². The number of hydrogen-bond acceptors (Lipinski definition) is 1. The van der Waals surface area contributed by atoms with E-state index in [9.17, 15) is 5.48 Å². The maximum atomic E-state index is 9.41. The molecule has 1 heteroatoms. The van der Waals surface area contributed by atoms with E-state index in [0.717, 1.165) is 60.2 Å². The van der Waals surface area contributed by atoms with Gasteiger partial charge in [0, 0.05) is 10.8 Å². The quantitative estimate of drug-likeness (QED) is 0.179. The van der Waals surface area contributed by atoms with E-state index in [4.69, 9.17) is 9.90 Å². The number of benzene rings is 9. The van der Waals surface area contributed by atoms with Gasteiger partial charge in [0.05, 0.1) is 11.0 Å². The van der Waals surface area contributed by atoms with Crippen molar-refractivity contribution in [3.05, 3.63) is 181 Å². The Morgan fingerprint density at radius 2 is 1.04 bits per heavy atom. The first kappa shape index (κ1) is 20.1. The Kier molecular flexibility index (Phi) is 4.48. The van der Waals surface area contributed by atoms with Gasteiger partial charge in [0.2, 0.25) is 0 Å². The van der Waals surface area contributed by atoms with Crippen LogP contribution in [0, 0.1) is 0 Å². The highest BCUT2D eigenvalue weighted by Crippen LogP contribution is 2.44. The van der Waals surface area contributed by atoms with Gasteiger partial charge >= 0.3 is 0 Å². The minimum Gasteiger partial charge on any atom is -0.456 e. The largest absolute Gasteiger partial charge is 0.456 e. The first-order chi connectivity index (χ1) is 27.1. The molecule has 0 aliphatic rings. The highest BCUT2D eigenvalue weighted by molar-refractivity contribution is 6.20. The van der Waals surface area contributed by atoms with Crippen LogP contribution in [0.4, 0.5) is 0 Å². The Balaban J connectivity index is 1.32. The van der Waals surface area contributed by atoms with E-state index in [1.807, 2.05) is 109 Å². The van der Waals surface area contributed by atoms with Crippen molar-refractivity contribution in [2.45, 2.75) is 6.42 Å². The van der Waals surface area contributed by atoms with Gasteiger partial charge in [-0.15, -0.1) is 0 Å². The van der Waals surface area contributed by atoms with Gasteiger partial charge in [-0.2, -0.15) is 0 Å². The molecule has 0 N–H and O–H groups in total. The maximum Gasteiger partial charge on any atom is 0.136 e. The maximum absolute atomic E-state index is 9.41. The summed E-state index contributed by atoms with van der Waals surface area (Å²) in [6.45, 7) is 0. The molecule has 10 rings (SSSR count). The molecule has 0 saturated carbocycles. The van der Waals surface area contributed by atoms with E-state index in [0.29, 0.717) is 16.7 Å². The van der Waals surface area contributed by atoms with E-state index in [1.54, 1.807) is 0 Å². The van der Waals surface area contributed by atoms with Gasteiger partial charge in [0.15, 0.2) is 0 Å². The van der Waals surface area contributed by atoms with Crippen molar-refractivity contribution in [3.63, 3.8) is 0 Å². The summed E-state index contributed by atoms with van der Waals surface area (Å²) >= 11 is 0. The Morgan fingerprint density at radius 1 is 0.438 bits per heavy atom. The molecule has 0 amide bonds. The summed E-state index contributed by atoms with van der Waals surface area (Å²) in [6.07, 6.45) is 0.173. The number of furan rings is 1. The summed E-state index contributed by atoms with van der Waals surface area (Å²) in [5.41, 5.74) is 5.59. The summed E-state index contributed by atoms with van der Waals surface area (Å²) in [4.78, 5) is 0. The minimum absolute atomic E-state index is 0.173. The van der Waals surface area contributed by atoms with Gasteiger partial charge in [-0.25, -0.2) is 0 Å². The summed E-state index contributed by atoms with van der Waals surface area (Å²) in [7, 11) is 0. The predicted molar refractivity (Wildman–Crippen MR) is 204 cm³/mol. The second kappa shape index (κ2) is 10.7. The lowest BCUT2D eigenvalue weighted by Crippen LogP contribution is -1.96. The van der Waals surface area contributed by atoms with Gasteiger partial charge in [-0.05, 0) is 101 Å². The van der Waals surface area contributed by atoms with Crippen LogP contribution in [0.1, 0.15) is 22.1 Å². The van der Waals surface area contributed by atoms with Crippen LogP contribution in [-0.2, 0) is 6.42 Å². The van der Waals surface area contributed by atoms with Gasteiger partial charge in [-0.1, -0.05) is 151 Å². The normalized spacial score (nSPS) is 14.2. The van der Waals surface area contributed by atoms with Gasteiger partial charge in [0.25, 0.3) is 0 Å². The van der Waals surface area contributed by atoms with Crippen molar-refractivity contribution in [2.24, 2.45) is 0 Å². The number of para-hydroxylation sites is 1. The predicted octanol–water partition coefficient (Wildman–Crippen LogP) is 13.1. The fourth-order valence-corrected chi connectivity index (χ4v) is 7.36. The molecule has 0 bridgehead atoms. The van der Waals surface area contributed by atoms with Crippen molar-refractivity contribution in [1.29, 1.82) is 0 Å². The number of hydrogen-bond donors (Lipinski definition) is 0. The monoisotopic (exact) mass is 618 g/mol. The van der Waals surface area contributed by atoms with E-state index in [2.05, 4.69) is 12.1 Å². The van der Waals surface area contributed by atoms with Crippen LogP contribution in [0.2, 0.25) is 0 Å². The zero-order valence-electron chi connectivity index (χ0n) is 33.7. The molecular formula is C47H30O. The molecule has 0 unspecified atom stereocenters. The van der Waals surface area contributed by atoms with E-state index in [-0.39, 0.29) is 52.1 Å². The minimum atomic E-state index is -0.416. The first-order valence-electron chi connectivity index (χ1n) is 20.0. The third-order valence-corrected chi connectivity index (χ3v) is 9.56. The van der Waals surface area contributed by atoms with E-state index < -0.39 is 24.2 Å². The van der Waals surface area contributed by atoms with E-state index >= 15 is 0 Å². The second-order valence-electron chi connectivity index (χ2n) is 12.2. The highest BCUT2D eigenvalue weighted by atomic mass is 16.3. The zero-order valence-corrected chi connectivity index (χ0v) is 25.7. The molecule has 1 nitrogen and oxygen atoms in total. The number of fused-ring (bicyclic) bond motifs is 7. The Hall–Kier alpha value is -6.18. The molecule has 9 aromatic carbocycles. The molecule has 224 valence electrons.